The third-order valence-electron chi connectivity index (χ3n) is 5.00. The topological polar surface area (TPSA) is 103 Å². The fourth-order valence-electron chi connectivity index (χ4n) is 3.38. The molecular formula is C23H22N2O6S. The van der Waals surface area contributed by atoms with Gasteiger partial charge < -0.3 is 19.5 Å². The van der Waals surface area contributed by atoms with E-state index in [2.05, 4.69) is 10.0 Å². The summed E-state index contributed by atoms with van der Waals surface area (Å²) in [4.78, 5) is 12.6. The van der Waals surface area contributed by atoms with E-state index in [1.54, 1.807) is 30.3 Å². The van der Waals surface area contributed by atoms with Gasteiger partial charge >= 0.3 is 0 Å². The van der Waals surface area contributed by atoms with E-state index >= 15 is 0 Å². The highest BCUT2D eigenvalue weighted by atomic mass is 32.2. The highest BCUT2D eigenvalue weighted by molar-refractivity contribution is 7.92. The maximum atomic E-state index is 13.0. The molecule has 1 aliphatic heterocycles. The van der Waals surface area contributed by atoms with Crippen LogP contribution in [0.3, 0.4) is 0 Å². The van der Waals surface area contributed by atoms with Crippen molar-refractivity contribution in [2.24, 2.45) is 0 Å². The fraction of sp³-hybridized carbons (Fsp3) is 0.174. The molecule has 1 amide bonds. The number of rotatable bonds is 7. The highest BCUT2D eigenvalue weighted by Gasteiger charge is 2.29. The minimum absolute atomic E-state index is 0.107. The van der Waals surface area contributed by atoms with Crippen LogP contribution in [0.5, 0.6) is 17.2 Å². The first-order valence-corrected chi connectivity index (χ1v) is 11.3. The molecule has 0 aliphatic carbocycles. The summed E-state index contributed by atoms with van der Waals surface area (Å²) >= 11 is 0. The molecule has 2 N–H and O–H groups in total. The van der Waals surface area contributed by atoms with E-state index < -0.39 is 16.1 Å². The summed E-state index contributed by atoms with van der Waals surface area (Å²) in [5.74, 6) is 1.06. The van der Waals surface area contributed by atoms with E-state index in [1.165, 1.54) is 26.4 Å². The third-order valence-corrected chi connectivity index (χ3v) is 6.40. The molecule has 8 nitrogen and oxygen atoms in total. The Balaban J connectivity index is 1.53. The normalized spacial score (nSPS) is 14.8. The molecule has 0 fully saturated rings. The summed E-state index contributed by atoms with van der Waals surface area (Å²) in [6, 6.07) is 18.3. The number of carbonyl (C=O) groups excluding carboxylic acids is 1. The molecule has 9 heteroatoms. The molecule has 3 aromatic rings. The van der Waals surface area contributed by atoms with Gasteiger partial charge in [-0.05, 0) is 54.1 Å². The Labute approximate surface area is 186 Å². The molecule has 0 unspecified atom stereocenters. The van der Waals surface area contributed by atoms with Crippen LogP contribution >= 0.6 is 0 Å². The van der Waals surface area contributed by atoms with Crippen molar-refractivity contribution in [1.82, 2.24) is 0 Å². The monoisotopic (exact) mass is 454 g/mol. The van der Waals surface area contributed by atoms with Crippen molar-refractivity contribution in [2.45, 2.75) is 17.4 Å². The second-order valence-corrected chi connectivity index (χ2v) is 8.76. The molecule has 0 aromatic heterocycles. The summed E-state index contributed by atoms with van der Waals surface area (Å²) in [5, 5.41) is 2.73. The van der Waals surface area contributed by atoms with Crippen LogP contribution in [0, 0.1) is 0 Å². The second kappa shape index (κ2) is 8.80. The Kier molecular flexibility index (Phi) is 5.91. The lowest BCUT2D eigenvalue weighted by molar-refractivity contribution is -0.122. The number of hydrogen-bond donors (Lipinski definition) is 2. The fourth-order valence-corrected chi connectivity index (χ4v) is 4.64. The predicted octanol–water partition coefficient (Wildman–Crippen LogP) is 3.45. The number of anilines is 2. The molecule has 0 bridgehead atoms. The zero-order chi connectivity index (χ0) is 22.7. The Morgan fingerprint density at radius 1 is 0.969 bits per heavy atom. The van der Waals surface area contributed by atoms with Crippen molar-refractivity contribution in [2.75, 3.05) is 24.3 Å². The molecule has 1 heterocycles. The van der Waals surface area contributed by atoms with Gasteiger partial charge in [-0.2, -0.15) is 0 Å². The molecule has 166 valence electrons. The van der Waals surface area contributed by atoms with E-state index in [0.717, 1.165) is 5.56 Å². The van der Waals surface area contributed by atoms with Crippen molar-refractivity contribution in [3.63, 3.8) is 0 Å². The number of carbonyl (C=O) groups is 1. The van der Waals surface area contributed by atoms with E-state index in [4.69, 9.17) is 14.2 Å². The van der Waals surface area contributed by atoms with Gasteiger partial charge in [-0.25, -0.2) is 8.42 Å². The van der Waals surface area contributed by atoms with Gasteiger partial charge in [0, 0.05) is 17.8 Å². The van der Waals surface area contributed by atoms with Crippen LogP contribution < -0.4 is 24.2 Å². The lowest BCUT2D eigenvalue weighted by atomic mass is 10.1. The summed E-state index contributed by atoms with van der Waals surface area (Å²) in [6.45, 7) is 0. The van der Waals surface area contributed by atoms with Gasteiger partial charge in [-0.3, -0.25) is 9.52 Å². The van der Waals surface area contributed by atoms with Crippen LogP contribution in [0.1, 0.15) is 5.56 Å². The molecule has 0 radical (unpaired) electrons. The standard InChI is InChI=1S/C23H22N2O6S/c1-29-18-10-7-16(8-11-18)25-32(27,28)22-14-17(9-12-20(22)30-2)24-23(26)21-13-15-5-3-4-6-19(15)31-21/h3-12,14,21,25H,13H2,1-2H3,(H,24,26)/t21-/m1/s1. The summed E-state index contributed by atoms with van der Waals surface area (Å²) in [6.07, 6.45) is -0.241. The van der Waals surface area contributed by atoms with Crippen LogP contribution in [0.4, 0.5) is 11.4 Å². The number of ether oxygens (including phenoxy) is 3. The first kappa shape index (κ1) is 21.5. The molecule has 0 spiro atoms. The van der Waals surface area contributed by atoms with Gasteiger partial charge in [0.25, 0.3) is 15.9 Å². The Hall–Kier alpha value is -3.72. The van der Waals surface area contributed by atoms with Crippen molar-refractivity contribution >= 4 is 27.3 Å². The van der Waals surface area contributed by atoms with E-state index in [0.29, 0.717) is 29.3 Å². The van der Waals surface area contributed by atoms with Gasteiger partial charge in [0.05, 0.1) is 14.2 Å². The first-order valence-electron chi connectivity index (χ1n) is 9.80. The molecule has 4 rings (SSSR count). The number of nitrogens with one attached hydrogen (secondary N) is 2. The largest absolute Gasteiger partial charge is 0.497 e. The van der Waals surface area contributed by atoms with Crippen LogP contribution in [0.2, 0.25) is 0 Å². The third kappa shape index (κ3) is 4.47. The van der Waals surface area contributed by atoms with Crippen LogP contribution in [-0.2, 0) is 21.2 Å². The van der Waals surface area contributed by atoms with E-state index in [1.807, 2.05) is 24.3 Å². The van der Waals surface area contributed by atoms with Crippen molar-refractivity contribution < 1.29 is 27.4 Å². The Morgan fingerprint density at radius 3 is 2.38 bits per heavy atom. The molecule has 0 saturated carbocycles. The molecular weight excluding hydrogens is 432 g/mol. The number of sulfonamides is 1. The number of fused-ring (bicyclic) bond motifs is 1. The molecule has 3 aromatic carbocycles. The van der Waals surface area contributed by atoms with Gasteiger partial charge in [0.2, 0.25) is 0 Å². The molecule has 0 saturated heterocycles. The SMILES string of the molecule is COc1ccc(NS(=O)(=O)c2cc(NC(=O)[C@H]3Cc4ccccc4O3)ccc2OC)cc1. The smallest absolute Gasteiger partial charge is 0.265 e. The summed E-state index contributed by atoms with van der Waals surface area (Å²) in [5.41, 5.74) is 1.62. The van der Waals surface area contributed by atoms with Gasteiger partial charge in [0.15, 0.2) is 6.10 Å². The van der Waals surface area contributed by atoms with E-state index in [9.17, 15) is 13.2 Å². The number of para-hydroxylation sites is 1. The maximum absolute atomic E-state index is 13.0. The van der Waals surface area contributed by atoms with Gasteiger partial charge in [-0.1, -0.05) is 18.2 Å². The minimum atomic E-state index is -4.00. The average molecular weight is 455 g/mol. The summed E-state index contributed by atoms with van der Waals surface area (Å²) in [7, 11) is -1.09. The molecule has 32 heavy (non-hydrogen) atoms. The van der Waals surface area contributed by atoms with Gasteiger partial charge in [0.1, 0.15) is 22.1 Å². The lowest BCUT2D eigenvalue weighted by Crippen LogP contribution is -2.31. The van der Waals surface area contributed by atoms with Crippen molar-refractivity contribution in [3.05, 3.63) is 72.3 Å². The quantitative estimate of drug-likeness (QED) is 0.567. The Morgan fingerprint density at radius 2 is 1.69 bits per heavy atom. The lowest BCUT2D eigenvalue weighted by Gasteiger charge is -2.15. The summed E-state index contributed by atoms with van der Waals surface area (Å²) < 4.78 is 44.6. The second-order valence-electron chi connectivity index (χ2n) is 7.11. The van der Waals surface area contributed by atoms with Crippen LogP contribution in [0.15, 0.2) is 71.6 Å². The zero-order valence-electron chi connectivity index (χ0n) is 17.5. The number of methoxy groups -OCH3 is 2. The number of hydrogen-bond acceptors (Lipinski definition) is 6. The predicted molar refractivity (Wildman–Crippen MR) is 120 cm³/mol. The first-order chi connectivity index (χ1) is 15.4. The molecule has 1 aliphatic rings. The average Bonchev–Trinajstić information content (AvgIpc) is 3.24. The van der Waals surface area contributed by atoms with Crippen LogP contribution in [-0.4, -0.2) is 34.6 Å². The van der Waals surface area contributed by atoms with Gasteiger partial charge in [-0.15, -0.1) is 0 Å². The number of benzene rings is 3. The van der Waals surface area contributed by atoms with Crippen molar-refractivity contribution in [1.29, 1.82) is 0 Å². The van der Waals surface area contributed by atoms with Crippen LogP contribution in [0.25, 0.3) is 0 Å². The Bertz CT molecular complexity index is 1220. The van der Waals surface area contributed by atoms with E-state index in [-0.39, 0.29) is 16.6 Å². The number of amides is 1. The molecule has 1 atom stereocenters. The van der Waals surface area contributed by atoms with Crippen molar-refractivity contribution in [3.8, 4) is 17.2 Å². The minimum Gasteiger partial charge on any atom is -0.497 e. The zero-order valence-corrected chi connectivity index (χ0v) is 18.3. The highest BCUT2D eigenvalue weighted by Crippen LogP contribution is 2.31. The maximum Gasteiger partial charge on any atom is 0.265 e.